The van der Waals surface area contributed by atoms with Gasteiger partial charge in [-0.2, -0.15) is 0 Å². The Morgan fingerprint density at radius 3 is 0.478 bits per heavy atom. The van der Waals surface area contributed by atoms with E-state index in [-0.39, 0.29) is 55.4 Å². The smallest absolute Gasteiger partial charge is 0.854 e. The van der Waals surface area contributed by atoms with Crippen LogP contribution in [0.1, 0.15) is 198 Å². The van der Waals surface area contributed by atoms with E-state index in [0.29, 0.717) is 29.6 Å². The van der Waals surface area contributed by atoms with Crippen molar-refractivity contribution in [1.29, 1.82) is 0 Å². The van der Waals surface area contributed by atoms with Gasteiger partial charge in [0.15, 0.2) is 0 Å². The number of rotatable bonds is 25. The van der Waals surface area contributed by atoms with E-state index in [4.69, 9.17) is 0 Å². The van der Waals surface area contributed by atoms with Gasteiger partial charge in [-0.15, -0.1) is 33.0 Å². The minimum Gasteiger partial charge on any atom is -0.854 e. The third kappa shape index (κ3) is 51.4. The van der Waals surface area contributed by atoms with Crippen LogP contribution < -0.4 is 25.5 Å². The maximum Gasteiger partial charge on any atom is 5.00 e. The molecule has 280 valence electrons. The monoisotopic (exact) mass is 827 g/mol. The van der Waals surface area contributed by atoms with Gasteiger partial charge in [0.1, 0.15) is 0 Å². The predicted octanol–water partition coefficient (Wildman–Crippen LogP) is 7.81. The molecule has 0 fully saturated rings. The zero-order valence-corrected chi connectivity index (χ0v) is 36.3. The average molecular weight is 827 g/mol. The minimum atomic E-state index is 0. The normalized spacial score (nSPS) is 13.4. The van der Waals surface area contributed by atoms with Crippen molar-refractivity contribution in [2.45, 2.75) is 198 Å². The van der Waals surface area contributed by atoms with Crippen molar-refractivity contribution in [1.82, 2.24) is 0 Å². The summed E-state index contributed by atoms with van der Waals surface area (Å²) in [5, 5.41) is 51.8. The maximum absolute atomic E-state index is 10.4. The molecule has 0 aromatic heterocycles. The fourth-order valence-corrected chi connectivity index (χ4v) is 4.49. The van der Waals surface area contributed by atoms with Gasteiger partial charge >= 0.3 is 22.4 Å². The Bertz CT molecular complexity index is 342. The van der Waals surface area contributed by atoms with Crippen molar-refractivity contribution in [3.8, 4) is 0 Å². The molecule has 5 unspecified atom stereocenters. The molecular weight excluding hydrogens is 741 g/mol. The first-order valence-electron chi connectivity index (χ1n) is 19.6. The Balaban J connectivity index is -0.000000108. The molecule has 5 atom stereocenters. The van der Waals surface area contributed by atoms with E-state index in [9.17, 15) is 25.5 Å². The summed E-state index contributed by atoms with van der Waals surface area (Å²) in [7, 11) is 0. The zero-order chi connectivity index (χ0) is 35.6. The second-order valence-corrected chi connectivity index (χ2v) is 12.9. The van der Waals surface area contributed by atoms with Crippen molar-refractivity contribution in [2.24, 2.45) is 29.6 Å². The molecule has 0 saturated heterocycles. The number of hydrogen-bond donors (Lipinski definition) is 0. The maximum atomic E-state index is 10.4. The standard InChI is InChI=1S/5C8H17O.Ta/c5*1-3-5-6-8(4-2)7-9;/h5*8H,3-7H2,1-2H3;/q5*-1;+5. The van der Waals surface area contributed by atoms with Crippen molar-refractivity contribution < 1.29 is 47.9 Å². The van der Waals surface area contributed by atoms with Gasteiger partial charge in [0, 0.05) is 0 Å². The minimum absolute atomic E-state index is 0. The summed E-state index contributed by atoms with van der Waals surface area (Å²) in [6, 6.07) is 0. The summed E-state index contributed by atoms with van der Waals surface area (Å²) < 4.78 is 0. The van der Waals surface area contributed by atoms with Crippen molar-refractivity contribution in [3.05, 3.63) is 0 Å². The van der Waals surface area contributed by atoms with E-state index in [0.717, 1.165) is 64.2 Å². The van der Waals surface area contributed by atoms with E-state index in [2.05, 4.69) is 69.2 Å². The summed E-state index contributed by atoms with van der Waals surface area (Å²) in [6.45, 7) is 21.9. The topological polar surface area (TPSA) is 115 Å². The van der Waals surface area contributed by atoms with Gasteiger partial charge in [-0.1, -0.05) is 227 Å². The van der Waals surface area contributed by atoms with Crippen molar-refractivity contribution in [3.63, 3.8) is 0 Å². The Labute approximate surface area is 307 Å². The van der Waals surface area contributed by atoms with E-state index < -0.39 is 0 Å². The van der Waals surface area contributed by atoms with Crippen LogP contribution in [0, 0.1) is 29.6 Å². The van der Waals surface area contributed by atoms with E-state index in [1.165, 1.54) is 64.2 Å². The molecule has 0 heterocycles. The fourth-order valence-electron chi connectivity index (χ4n) is 4.49. The van der Waals surface area contributed by atoms with Gasteiger partial charge < -0.3 is 25.5 Å². The molecule has 5 nitrogen and oxygen atoms in total. The first kappa shape index (κ1) is 58.7. The quantitative estimate of drug-likeness (QED) is 0.0932. The molecule has 6 heteroatoms. The third-order valence-electron chi connectivity index (χ3n) is 8.89. The van der Waals surface area contributed by atoms with Crippen LogP contribution in [-0.4, -0.2) is 33.0 Å². The van der Waals surface area contributed by atoms with Crippen LogP contribution in [0.2, 0.25) is 0 Å². The molecule has 0 N–H and O–H groups in total. The summed E-state index contributed by atoms with van der Waals surface area (Å²) in [6.07, 6.45) is 23.2. The van der Waals surface area contributed by atoms with Crippen LogP contribution in [0.15, 0.2) is 0 Å². The molecule has 0 aromatic carbocycles. The molecule has 0 aliphatic rings. The fraction of sp³-hybridized carbons (Fsp3) is 1.00. The van der Waals surface area contributed by atoms with Gasteiger partial charge in [0.2, 0.25) is 0 Å². The van der Waals surface area contributed by atoms with Crippen LogP contribution in [0.4, 0.5) is 0 Å². The largest absolute Gasteiger partial charge is 5.00 e. The van der Waals surface area contributed by atoms with Crippen molar-refractivity contribution in [2.75, 3.05) is 33.0 Å². The summed E-state index contributed by atoms with van der Waals surface area (Å²) >= 11 is 0. The van der Waals surface area contributed by atoms with E-state index in [1.807, 2.05) is 0 Å². The van der Waals surface area contributed by atoms with E-state index in [1.54, 1.807) is 0 Å². The van der Waals surface area contributed by atoms with Crippen LogP contribution in [0.5, 0.6) is 0 Å². The molecule has 0 aliphatic carbocycles. The SMILES string of the molecule is CCCCC(CC)C[O-].CCCCC(CC)C[O-].CCCCC(CC)C[O-].CCCCC(CC)C[O-].CCCCC(CC)C[O-].[Ta+5]. The van der Waals surface area contributed by atoms with Gasteiger partial charge in [-0.25, -0.2) is 0 Å². The second-order valence-electron chi connectivity index (χ2n) is 12.9. The molecule has 0 aliphatic heterocycles. The molecular formula is C40H85O5Ta. The Morgan fingerprint density at radius 2 is 0.413 bits per heavy atom. The number of unbranched alkanes of at least 4 members (excludes halogenated alkanes) is 5. The van der Waals surface area contributed by atoms with Crippen molar-refractivity contribution >= 4 is 0 Å². The second kappa shape index (κ2) is 55.0. The van der Waals surface area contributed by atoms with Gasteiger partial charge in [-0.05, 0) is 0 Å². The Morgan fingerprint density at radius 1 is 0.283 bits per heavy atom. The summed E-state index contributed by atoms with van der Waals surface area (Å²) in [4.78, 5) is 0. The molecule has 0 rings (SSSR count). The van der Waals surface area contributed by atoms with Crippen LogP contribution in [-0.2, 0) is 22.4 Å². The van der Waals surface area contributed by atoms with Gasteiger partial charge in [0.25, 0.3) is 0 Å². The zero-order valence-electron chi connectivity index (χ0n) is 33.1. The average Bonchev–Trinajstić information content (AvgIpc) is 3.08. The molecule has 0 aromatic rings. The molecule has 0 bridgehead atoms. The van der Waals surface area contributed by atoms with Crippen LogP contribution in [0.25, 0.3) is 0 Å². The third-order valence-corrected chi connectivity index (χ3v) is 8.89. The predicted molar refractivity (Wildman–Crippen MR) is 191 cm³/mol. The molecule has 0 spiro atoms. The molecule has 0 radical (unpaired) electrons. The molecule has 0 amide bonds. The van der Waals surface area contributed by atoms with Crippen LogP contribution in [0.3, 0.4) is 0 Å². The molecule has 0 saturated carbocycles. The van der Waals surface area contributed by atoms with Gasteiger partial charge in [-0.3, -0.25) is 0 Å². The van der Waals surface area contributed by atoms with E-state index >= 15 is 0 Å². The first-order chi connectivity index (χ1) is 21.7. The first-order valence-corrected chi connectivity index (χ1v) is 19.6. The van der Waals surface area contributed by atoms with Crippen LogP contribution >= 0.6 is 0 Å². The molecule has 46 heavy (non-hydrogen) atoms. The number of hydrogen-bond acceptors (Lipinski definition) is 5. The van der Waals surface area contributed by atoms with Gasteiger partial charge in [0.05, 0.1) is 0 Å². The summed E-state index contributed by atoms with van der Waals surface area (Å²) in [5.74, 6) is 2.25. The Kier molecular flexibility index (Phi) is 70.2. The Hall–Kier alpha value is 0.540. The summed E-state index contributed by atoms with van der Waals surface area (Å²) in [5.41, 5.74) is 0.